The van der Waals surface area contributed by atoms with E-state index in [0.29, 0.717) is 17.3 Å². The van der Waals surface area contributed by atoms with Crippen molar-refractivity contribution in [2.24, 2.45) is 0 Å². The van der Waals surface area contributed by atoms with E-state index < -0.39 is 41.2 Å². The quantitative estimate of drug-likeness (QED) is 0.646. The molecule has 0 saturated carbocycles. The van der Waals surface area contributed by atoms with Gasteiger partial charge in [-0.2, -0.15) is 13.2 Å². The van der Waals surface area contributed by atoms with Gasteiger partial charge in [0.25, 0.3) is 5.91 Å². The molecule has 7 nitrogen and oxygen atoms in total. The monoisotopic (exact) mass is 446 g/mol. The Morgan fingerprint density at radius 1 is 1.13 bits per heavy atom. The first-order valence-electron chi connectivity index (χ1n) is 8.65. The van der Waals surface area contributed by atoms with E-state index in [1.807, 2.05) is 0 Å². The van der Waals surface area contributed by atoms with Gasteiger partial charge in [-0.05, 0) is 44.5 Å². The number of amides is 1. The minimum absolute atomic E-state index is 0.0331. The molecule has 162 valence electrons. The van der Waals surface area contributed by atoms with Crippen LogP contribution in [0.25, 0.3) is 0 Å². The number of aromatic amines is 1. The van der Waals surface area contributed by atoms with E-state index in [2.05, 4.69) is 10.3 Å². The molecule has 0 aliphatic carbocycles. The zero-order chi connectivity index (χ0) is 22.6. The fourth-order valence-corrected chi connectivity index (χ4v) is 2.91. The van der Waals surface area contributed by atoms with Gasteiger partial charge in [-0.3, -0.25) is 4.79 Å². The number of benzene rings is 1. The van der Waals surface area contributed by atoms with Gasteiger partial charge < -0.3 is 19.8 Å². The molecule has 0 unspecified atom stereocenters. The molecule has 0 atom stereocenters. The number of nitrogens with one attached hydrogen (secondary N) is 2. The SMILES string of the molecule is CCOC(=O)c1c(C)[nH]c(C(=O)OCC(=O)Nc2ccc(Cl)c(C(F)(F)F)c2)c1C. The van der Waals surface area contributed by atoms with Crippen molar-refractivity contribution in [1.29, 1.82) is 0 Å². The number of aryl methyl sites for hydroxylation is 1. The first kappa shape index (κ1) is 23.3. The van der Waals surface area contributed by atoms with Crippen molar-refractivity contribution in [3.8, 4) is 0 Å². The summed E-state index contributed by atoms with van der Waals surface area (Å²) in [5.74, 6) is -2.37. The molecular weight excluding hydrogens is 429 g/mol. The smallest absolute Gasteiger partial charge is 0.417 e. The second-order valence-corrected chi connectivity index (χ2v) is 6.57. The summed E-state index contributed by atoms with van der Waals surface area (Å²) in [5.41, 5.74) is -0.428. The summed E-state index contributed by atoms with van der Waals surface area (Å²) in [5, 5.41) is 1.68. The number of hydrogen-bond acceptors (Lipinski definition) is 5. The van der Waals surface area contributed by atoms with Crippen LogP contribution >= 0.6 is 11.6 Å². The van der Waals surface area contributed by atoms with Crippen LogP contribution in [0.2, 0.25) is 5.02 Å². The fourth-order valence-electron chi connectivity index (χ4n) is 2.68. The Bertz CT molecular complexity index is 985. The maximum Gasteiger partial charge on any atom is 0.417 e. The van der Waals surface area contributed by atoms with E-state index >= 15 is 0 Å². The summed E-state index contributed by atoms with van der Waals surface area (Å²) in [7, 11) is 0. The Morgan fingerprint density at radius 2 is 1.80 bits per heavy atom. The number of rotatable bonds is 6. The van der Waals surface area contributed by atoms with Crippen LogP contribution in [0.5, 0.6) is 0 Å². The number of anilines is 1. The minimum atomic E-state index is -4.69. The minimum Gasteiger partial charge on any atom is -0.462 e. The van der Waals surface area contributed by atoms with Gasteiger partial charge >= 0.3 is 18.1 Å². The average molecular weight is 447 g/mol. The lowest BCUT2D eigenvalue weighted by atomic mass is 10.1. The molecule has 0 radical (unpaired) electrons. The van der Waals surface area contributed by atoms with Gasteiger partial charge in [0.05, 0.1) is 22.8 Å². The lowest BCUT2D eigenvalue weighted by Gasteiger charge is -2.12. The predicted octanol–water partition coefficient (Wildman–Crippen LogP) is 4.28. The van der Waals surface area contributed by atoms with Gasteiger partial charge in [0.2, 0.25) is 0 Å². The topological polar surface area (TPSA) is 97.5 Å². The number of alkyl halides is 3. The van der Waals surface area contributed by atoms with Crippen LogP contribution in [0.15, 0.2) is 18.2 Å². The first-order valence-corrected chi connectivity index (χ1v) is 9.03. The zero-order valence-electron chi connectivity index (χ0n) is 16.2. The molecule has 2 N–H and O–H groups in total. The largest absolute Gasteiger partial charge is 0.462 e. The van der Waals surface area contributed by atoms with Gasteiger partial charge in [-0.1, -0.05) is 11.6 Å². The van der Waals surface area contributed by atoms with Crippen molar-refractivity contribution in [2.45, 2.75) is 26.9 Å². The molecule has 1 aromatic carbocycles. The van der Waals surface area contributed by atoms with Gasteiger partial charge in [0, 0.05) is 11.4 Å². The molecule has 1 aromatic heterocycles. The Morgan fingerprint density at radius 3 is 2.40 bits per heavy atom. The van der Waals surface area contributed by atoms with E-state index in [4.69, 9.17) is 21.1 Å². The first-order chi connectivity index (χ1) is 14.0. The standard InChI is InChI=1S/C19H18ClF3N2O5/c1-4-29-17(27)15-9(2)16(24-10(15)3)18(28)30-8-14(26)25-11-5-6-13(20)12(7-11)19(21,22)23/h5-7,24H,4,8H2,1-3H3,(H,25,26). The molecular formula is C19H18ClF3N2O5. The number of hydrogen-bond donors (Lipinski definition) is 2. The number of aromatic nitrogens is 1. The average Bonchev–Trinajstić information content (AvgIpc) is 2.95. The van der Waals surface area contributed by atoms with Crippen LogP contribution in [-0.2, 0) is 20.4 Å². The van der Waals surface area contributed by atoms with Crippen LogP contribution < -0.4 is 5.32 Å². The highest BCUT2D eigenvalue weighted by Gasteiger charge is 2.33. The Balaban J connectivity index is 2.05. The number of carbonyl (C=O) groups excluding carboxylic acids is 3. The van der Waals surface area contributed by atoms with E-state index in [1.54, 1.807) is 13.8 Å². The van der Waals surface area contributed by atoms with E-state index in [0.717, 1.165) is 6.07 Å². The molecule has 0 spiro atoms. The molecule has 2 rings (SSSR count). The van der Waals surface area contributed by atoms with Gasteiger partial charge in [-0.15, -0.1) is 0 Å². The third-order valence-electron chi connectivity index (χ3n) is 4.01. The lowest BCUT2D eigenvalue weighted by Crippen LogP contribution is -2.21. The van der Waals surface area contributed by atoms with Crippen molar-refractivity contribution in [1.82, 2.24) is 4.98 Å². The number of H-pyrrole nitrogens is 1. The van der Waals surface area contributed by atoms with Crippen molar-refractivity contribution in [3.63, 3.8) is 0 Å². The molecule has 2 aromatic rings. The number of ether oxygens (including phenoxy) is 2. The maximum atomic E-state index is 12.9. The lowest BCUT2D eigenvalue weighted by molar-refractivity contribution is -0.137. The molecule has 0 fully saturated rings. The van der Waals surface area contributed by atoms with Gasteiger partial charge in [0.1, 0.15) is 5.69 Å². The number of halogens is 4. The normalized spacial score (nSPS) is 11.2. The molecule has 1 heterocycles. The molecule has 30 heavy (non-hydrogen) atoms. The van der Waals surface area contributed by atoms with E-state index in [-0.39, 0.29) is 23.6 Å². The summed E-state index contributed by atoms with van der Waals surface area (Å²) in [6, 6.07) is 2.85. The number of esters is 2. The maximum absolute atomic E-state index is 12.9. The highest BCUT2D eigenvalue weighted by molar-refractivity contribution is 6.31. The molecule has 0 bridgehead atoms. The van der Waals surface area contributed by atoms with Crippen LogP contribution in [0.3, 0.4) is 0 Å². The third-order valence-corrected chi connectivity index (χ3v) is 4.34. The van der Waals surface area contributed by atoms with Crippen LogP contribution in [0.4, 0.5) is 18.9 Å². The predicted molar refractivity (Wildman–Crippen MR) is 102 cm³/mol. The summed E-state index contributed by atoms with van der Waals surface area (Å²) >= 11 is 5.52. The fraction of sp³-hybridized carbons (Fsp3) is 0.316. The van der Waals surface area contributed by atoms with E-state index in [1.165, 1.54) is 13.0 Å². The molecule has 0 aliphatic rings. The molecule has 11 heteroatoms. The van der Waals surface area contributed by atoms with Crippen LogP contribution in [-0.4, -0.2) is 36.0 Å². The summed E-state index contributed by atoms with van der Waals surface area (Å²) in [6.45, 7) is 4.13. The Hall–Kier alpha value is -3.01. The van der Waals surface area contributed by atoms with Gasteiger partial charge in [0.15, 0.2) is 6.61 Å². The van der Waals surface area contributed by atoms with Gasteiger partial charge in [-0.25, -0.2) is 9.59 Å². The summed E-state index contributed by atoms with van der Waals surface area (Å²) in [4.78, 5) is 38.9. The van der Waals surface area contributed by atoms with Crippen LogP contribution in [0.1, 0.15) is 44.6 Å². The second-order valence-electron chi connectivity index (χ2n) is 6.16. The highest BCUT2D eigenvalue weighted by Crippen LogP contribution is 2.36. The van der Waals surface area contributed by atoms with Crippen molar-refractivity contribution < 1.29 is 37.0 Å². The third kappa shape index (κ3) is 5.32. The summed E-state index contributed by atoms with van der Waals surface area (Å²) < 4.78 is 48.5. The summed E-state index contributed by atoms with van der Waals surface area (Å²) in [6.07, 6.45) is -4.69. The zero-order valence-corrected chi connectivity index (χ0v) is 17.0. The molecule has 0 aliphatic heterocycles. The Kier molecular flexibility index (Phi) is 7.14. The van der Waals surface area contributed by atoms with Crippen molar-refractivity contribution in [3.05, 3.63) is 51.3 Å². The van der Waals surface area contributed by atoms with Crippen molar-refractivity contribution >= 4 is 35.1 Å². The highest BCUT2D eigenvalue weighted by atomic mass is 35.5. The van der Waals surface area contributed by atoms with Crippen molar-refractivity contribution in [2.75, 3.05) is 18.5 Å². The van der Waals surface area contributed by atoms with Crippen LogP contribution in [0, 0.1) is 13.8 Å². The second kappa shape index (κ2) is 9.21. The van der Waals surface area contributed by atoms with E-state index in [9.17, 15) is 27.6 Å². The molecule has 0 saturated heterocycles. The molecule has 1 amide bonds. The Labute approximate surface area is 174 Å². The number of carbonyl (C=O) groups is 3.